The van der Waals surface area contributed by atoms with Crippen LogP contribution in [0.5, 0.6) is 0 Å². The van der Waals surface area contributed by atoms with Gasteiger partial charge in [-0.25, -0.2) is 28.0 Å². The first-order chi connectivity index (χ1) is 24.7. The number of rotatable bonds is 13. The van der Waals surface area contributed by atoms with E-state index in [0.29, 0.717) is 6.66 Å². The molecule has 0 spiro atoms. The Morgan fingerprint density at radius 1 is 0.906 bits per heavy atom. The van der Waals surface area contributed by atoms with Gasteiger partial charge in [-0.15, -0.1) is 0 Å². The van der Waals surface area contributed by atoms with Crippen molar-refractivity contribution in [3.05, 3.63) is 39.2 Å². The van der Waals surface area contributed by atoms with Gasteiger partial charge in [0.05, 0.1) is 26.6 Å². The van der Waals surface area contributed by atoms with E-state index in [1.807, 2.05) is 0 Å². The van der Waals surface area contributed by atoms with Crippen LogP contribution in [-0.4, -0.2) is 123 Å². The summed E-state index contributed by atoms with van der Waals surface area (Å²) in [4.78, 5) is 62.0. The predicted octanol–water partition coefficient (Wildman–Crippen LogP) is -2.44. The first kappa shape index (κ1) is 39.4. The molecule has 0 radical (unpaired) electrons. The summed E-state index contributed by atoms with van der Waals surface area (Å²) >= 11 is 0. The summed E-state index contributed by atoms with van der Waals surface area (Å²) < 4.78 is 77.6. The first-order valence-corrected chi connectivity index (χ1v) is 20.2. The number of H-pyrrole nitrogens is 2. The summed E-state index contributed by atoms with van der Waals surface area (Å²) in [6.07, 6.45) is -8.83. The number of aliphatic hydroxyl groups is 3. The van der Waals surface area contributed by atoms with E-state index in [4.69, 9.17) is 29.0 Å². The molecule has 26 nitrogen and oxygen atoms in total. The summed E-state index contributed by atoms with van der Waals surface area (Å²) in [5.41, 5.74) is 4.56. The SMILES string of the molecule is COC1[C@@H](COP(=O)(O)OP(=O)(O)OP(C)(=O)OC[C@H]2O[C@@H](n3c[n+](C)c4c(=O)[nH]c(N)nc43)[C@@H](O)C2O)O[C@@H](n2cnc3c(=O)[nH]c(C)nc32)[C@H]1O. The molecular formula is C24H35N9O17P3+. The molecule has 0 aliphatic carbocycles. The van der Waals surface area contributed by atoms with Crippen molar-refractivity contribution in [2.75, 3.05) is 32.7 Å². The number of methoxy groups -OCH3 is 1. The normalized spacial score (nSPS) is 29.8. The molecule has 2 saturated heterocycles. The summed E-state index contributed by atoms with van der Waals surface area (Å²) in [5, 5.41) is 32.2. The van der Waals surface area contributed by atoms with Crippen molar-refractivity contribution in [2.24, 2.45) is 7.05 Å². The second kappa shape index (κ2) is 14.4. The number of nitrogens with two attached hydrogens (primary N) is 1. The Morgan fingerprint density at radius 2 is 1.57 bits per heavy atom. The third-order valence-electron chi connectivity index (χ3n) is 8.14. The number of nitrogens with one attached hydrogen (secondary N) is 2. The summed E-state index contributed by atoms with van der Waals surface area (Å²) in [6, 6.07) is 0. The third kappa shape index (κ3) is 7.94. The number of phosphoric acid groups is 2. The second-order valence-corrected chi connectivity index (χ2v) is 17.2. The number of fused-ring (bicyclic) bond motifs is 2. The second-order valence-electron chi connectivity index (χ2n) is 12.0. The van der Waals surface area contributed by atoms with Crippen molar-refractivity contribution < 1.29 is 75.2 Å². The molecule has 0 saturated carbocycles. The Morgan fingerprint density at radius 3 is 2.26 bits per heavy atom. The molecule has 6 heterocycles. The number of aryl methyl sites for hydroxylation is 2. The average molecular weight is 815 g/mol. The lowest BCUT2D eigenvalue weighted by Crippen LogP contribution is -2.35. The fourth-order valence-electron chi connectivity index (χ4n) is 5.90. The highest BCUT2D eigenvalue weighted by Gasteiger charge is 2.50. The van der Waals surface area contributed by atoms with Crippen molar-refractivity contribution in [1.82, 2.24) is 34.1 Å². The van der Waals surface area contributed by atoms with Gasteiger partial charge in [-0.2, -0.15) is 13.9 Å². The summed E-state index contributed by atoms with van der Waals surface area (Å²) in [5.74, 6) is 0.00561. The lowest BCUT2D eigenvalue weighted by molar-refractivity contribution is -0.646. The molecule has 11 atom stereocenters. The summed E-state index contributed by atoms with van der Waals surface area (Å²) in [7, 11) is -13.2. The predicted molar refractivity (Wildman–Crippen MR) is 173 cm³/mol. The quantitative estimate of drug-likeness (QED) is 0.0513. The van der Waals surface area contributed by atoms with Crippen molar-refractivity contribution in [3.63, 3.8) is 0 Å². The molecule has 0 aromatic carbocycles. The lowest BCUT2D eigenvalue weighted by Gasteiger charge is -2.22. The van der Waals surface area contributed by atoms with Gasteiger partial charge in [-0.1, -0.05) is 0 Å². The van der Waals surface area contributed by atoms with Crippen LogP contribution in [0.2, 0.25) is 0 Å². The van der Waals surface area contributed by atoms with Gasteiger partial charge in [-0.05, 0) is 6.92 Å². The van der Waals surface area contributed by atoms with E-state index in [-0.39, 0.29) is 34.1 Å². The maximum absolute atomic E-state index is 13.0. The van der Waals surface area contributed by atoms with Gasteiger partial charge >= 0.3 is 28.8 Å². The highest BCUT2D eigenvalue weighted by molar-refractivity contribution is 7.68. The lowest BCUT2D eigenvalue weighted by atomic mass is 10.1. The van der Waals surface area contributed by atoms with Crippen molar-refractivity contribution in [3.8, 4) is 0 Å². The molecule has 9 N–H and O–H groups in total. The highest BCUT2D eigenvalue weighted by Crippen LogP contribution is 2.68. The molecule has 2 fully saturated rings. The molecule has 4 aromatic rings. The van der Waals surface area contributed by atoms with E-state index in [1.54, 1.807) is 0 Å². The number of ether oxygens (including phenoxy) is 3. The van der Waals surface area contributed by atoms with Crippen LogP contribution in [-0.2, 0) is 52.6 Å². The monoisotopic (exact) mass is 814 g/mol. The number of nitrogens with zero attached hydrogens (tertiary/aromatic N) is 6. The van der Waals surface area contributed by atoms with Crippen LogP contribution in [0.25, 0.3) is 22.3 Å². The molecule has 292 valence electrons. The first-order valence-electron chi connectivity index (χ1n) is 15.2. The van der Waals surface area contributed by atoms with Gasteiger partial charge in [-0.3, -0.25) is 28.2 Å². The number of phosphoric ester groups is 1. The molecule has 4 aromatic heterocycles. The van der Waals surface area contributed by atoms with E-state index in [2.05, 4.69) is 33.5 Å². The third-order valence-corrected chi connectivity index (χ3v) is 12.9. The van der Waals surface area contributed by atoms with Crippen molar-refractivity contribution >= 4 is 51.5 Å². The van der Waals surface area contributed by atoms with Crippen LogP contribution in [0, 0.1) is 6.92 Å². The Bertz CT molecular complexity index is 2300. The van der Waals surface area contributed by atoms with Gasteiger partial charge in [0.1, 0.15) is 42.4 Å². The smallest absolute Gasteiger partial charge is 0.387 e. The zero-order chi connectivity index (χ0) is 38.8. The van der Waals surface area contributed by atoms with Crippen LogP contribution in [0.3, 0.4) is 0 Å². The van der Waals surface area contributed by atoms with E-state index in [0.717, 1.165) is 0 Å². The Hall–Kier alpha value is -3.29. The molecule has 29 heteroatoms. The molecule has 2 aliphatic heterocycles. The molecule has 0 bridgehead atoms. The fourth-order valence-corrected chi connectivity index (χ4v) is 9.97. The van der Waals surface area contributed by atoms with Gasteiger partial charge in [0.15, 0.2) is 17.4 Å². The zero-order valence-corrected chi connectivity index (χ0v) is 30.6. The minimum absolute atomic E-state index is 0.00434. The minimum atomic E-state index is -5.72. The Balaban J connectivity index is 1.06. The van der Waals surface area contributed by atoms with Gasteiger partial charge in [0.25, 0.3) is 16.7 Å². The largest absolute Gasteiger partial charge is 0.488 e. The summed E-state index contributed by atoms with van der Waals surface area (Å²) in [6.45, 7) is 0.545. The minimum Gasteiger partial charge on any atom is -0.387 e. The number of hydrogen-bond acceptors (Lipinski definition) is 19. The number of aromatic amines is 2. The number of imidazole rings is 2. The van der Waals surface area contributed by atoms with Gasteiger partial charge < -0.3 is 54.6 Å². The topological polar surface area (TPSA) is 361 Å². The number of aliphatic hydroxyl groups excluding tert-OH is 3. The molecule has 0 amide bonds. The van der Waals surface area contributed by atoms with Crippen LogP contribution < -0.4 is 21.4 Å². The standard InChI is InChI=1S/C24H34N9O17P3/c1-9-27-18-12(20(37)28-9)26-7-32(18)23-16(36)17(44-3)11(48-23)6-46-52(40,41)50-53(42,43)49-51(4,39)45-5-10-14(34)15(35)22(47-10)33-8-31(2)13-19(33)29-24(25)30-21(13)38/h7-8,10-11,14-17,22-23,34-36H,5-6H2,1-4H3,(H5-,25,27,28,29,30,37,38,40,41,42,43)/p+1/t10-,11-,14?,15+,16+,17?,22-,23-,51?/m1/s1. The number of hydrogen-bond donors (Lipinski definition) is 8. The van der Waals surface area contributed by atoms with E-state index in [1.165, 1.54) is 47.4 Å². The van der Waals surface area contributed by atoms with Crippen LogP contribution in [0.1, 0.15) is 18.3 Å². The maximum Gasteiger partial charge on any atom is 0.488 e. The number of anilines is 1. The van der Waals surface area contributed by atoms with E-state index < -0.39 is 96.7 Å². The zero-order valence-electron chi connectivity index (χ0n) is 27.9. The van der Waals surface area contributed by atoms with Crippen molar-refractivity contribution in [1.29, 1.82) is 0 Å². The van der Waals surface area contributed by atoms with Gasteiger partial charge in [0, 0.05) is 13.8 Å². The molecule has 2 aliphatic rings. The maximum atomic E-state index is 13.0. The van der Waals surface area contributed by atoms with Gasteiger partial charge in [0.2, 0.25) is 18.5 Å². The van der Waals surface area contributed by atoms with Crippen molar-refractivity contribution in [2.45, 2.75) is 56.0 Å². The van der Waals surface area contributed by atoms with Crippen LogP contribution in [0.15, 0.2) is 22.2 Å². The Kier molecular flexibility index (Phi) is 10.7. The van der Waals surface area contributed by atoms with Crippen LogP contribution >= 0.6 is 23.2 Å². The number of nitrogen functional groups attached to an aromatic ring is 1. The van der Waals surface area contributed by atoms with E-state index in [9.17, 15) is 48.4 Å². The fraction of sp³-hybridized carbons (Fsp3) is 0.583. The van der Waals surface area contributed by atoms with Crippen LogP contribution in [0.4, 0.5) is 5.95 Å². The van der Waals surface area contributed by atoms with E-state index >= 15 is 0 Å². The molecule has 6 rings (SSSR count). The molecular weight excluding hydrogens is 779 g/mol. The molecule has 53 heavy (non-hydrogen) atoms. The number of aromatic nitrogens is 8. The highest BCUT2D eigenvalue weighted by atomic mass is 31.3. The Labute approximate surface area is 295 Å². The average Bonchev–Trinajstić information content (AvgIpc) is 3.76. The molecule has 5 unspecified atom stereocenters.